The van der Waals surface area contributed by atoms with Crippen LogP contribution in [0.25, 0.3) is 0 Å². The first-order chi connectivity index (χ1) is 10.2. The number of ether oxygens (including phenoxy) is 1. The van der Waals surface area contributed by atoms with E-state index >= 15 is 0 Å². The van der Waals surface area contributed by atoms with Gasteiger partial charge in [0.25, 0.3) is 0 Å². The van der Waals surface area contributed by atoms with Gasteiger partial charge in [0.05, 0.1) is 5.92 Å². The van der Waals surface area contributed by atoms with Gasteiger partial charge in [-0.2, -0.15) is 0 Å². The Bertz CT molecular complexity index is 619. The van der Waals surface area contributed by atoms with E-state index in [1.54, 1.807) is 31.2 Å². The van der Waals surface area contributed by atoms with Crippen LogP contribution in [-0.2, 0) is 15.1 Å². The zero-order valence-electron chi connectivity index (χ0n) is 13.2. The molecule has 22 heavy (non-hydrogen) atoms. The summed E-state index contributed by atoms with van der Waals surface area (Å²) in [6, 6.07) is 8.91. The van der Waals surface area contributed by atoms with Crippen LogP contribution in [0.5, 0.6) is 0 Å². The molecule has 0 saturated carbocycles. The van der Waals surface area contributed by atoms with Crippen LogP contribution in [0.15, 0.2) is 35.3 Å². The summed E-state index contributed by atoms with van der Waals surface area (Å²) in [6.45, 7) is 6.96. The maximum Gasteiger partial charge on any atom is 0.345 e. The minimum absolute atomic E-state index is 0.316. The number of nitrogens with zero attached hydrogens (tertiary/aromatic N) is 2. The molecule has 2 rings (SSSR count). The van der Waals surface area contributed by atoms with E-state index in [0.717, 1.165) is 0 Å². The molecule has 1 aliphatic rings. The van der Waals surface area contributed by atoms with Gasteiger partial charge < -0.3 is 4.74 Å². The summed E-state index contributed by atoms with van der Waals surface area (Å²) in [5.74, 6) is -0.841. The Morgan fingerprint density at radius 3 is 2.36 bits per heavy atom. The molecule has 0 aliphatic carbocycles. The maximum atomic E-state index is 12.6. The van der Waals surface area contributed by atoms with E-state index in [1.807, 2.05) is 26.8 Å². The van der Waals surface area contributed by atoms with Crippen LogP contribution in [-0.4, -0.2) is 23.3 Å². The fourth-order valence-corrected chi connectivity index (χ4v) is 2.54. The number of hydrogen-bond donors (Lipinski definition) is 0. The Hall–Kier alpha value is -2.24. The molecular formula is C16H20N2O4. The van der Waals surface area contributed by atoms with Crippen molar-refractivity contribution >= 4 is 11.9 Å². The second kappa shape index (κ2) is 5.51. The Labute approximate surface area is 129 Å². The fraction of sp³-hybridized carbons (Fsp3) is 0.500. The van der Waals surface area contributed by atoms with Gasteiger partial charge in [-0.15, -0.1) is 0 Å². The van der Waals surface area contributed by atoms with Crippen LogP contribution in [0.3, 0.4) is 0 Å². The third kappa shape index (κ3) is 2.73. The highest BCUT2D eigenvalue weighted by molar-refractivity contribution is 6.02. The third-order valence-electron chi connectivity index (χ3n) is 3.77. The average Bonchev–Trinajstić information content (AvgIpc) is 2.78. The third-order valence-corrected chi connectivity index (χ3v) is 3.77. The summed E-state index contributed by atoms with van der Waals surface area (Å²) in [4.78, 5) is 27.7. The first-order valence-corrected chi connectivity index (χ1v) is 7.18. The number of nitro groups is 1. The number of carbonyl (C=O) groups excluding carboxylic acids is 1. The van der Waals surface area contributed by atoms with Crippen molar-refractivity contribution < 1.29 is 14.5 Å². The molecule has 6 heteroatoms. The molecule has 2 atom stereocenters. The van der Waals surface area contributed by atoms with Gasteiger partial charge in [0.2, 0.25) is 12.4 Å². The normalized spacial score (nSPS) is 22.9. The van der Waals surface area contributed by atoms with Crippen LogP contribution >= 0.6 is 0 Å². The molecule has 0 amide bonds. The van der Waals surface area contributed by atoms with Gasteiger partial charge in [0.15, 0.2) is 5.54 Å². The maximum absolute atomic E-state index is 12.6. The van der Waals surface area contributed by atoms with Crippen molar-refractivity contribution in [2.24, 2.45) is 16.3 Å². The van der Waals surface area contributed by atoms with E-state index in [4.69, 9.17) is 4.74 Å². The van der Waals surface area contributed by atoms with Gasteiger partial charge in [-0.3, -0.25) is 10.1 Å². The molecule has 6 nitrogen and oxygen atoms in total. The van der Waals surface area contributed by atoms with E-state index in [2.05, 4.69) is 4.99 Å². The minimum atomic E-state index is -1.35. The molecule has 0 N–H and O–H groups in total. The van der Waals surface area contributed by atoms with Crippen molar-refractivity contribution in [1.82, 2.24) is 0 Å². The quantitative estimate of drug-likeness (QED) is 0.486. The lowest BCUT2D eigenvalue weighted by atomic mass is 9.79. The Kier molecular flexibility index (Phi) is 4.04. The van der Waals surface area contributed by atoms with E-state index in [9.17, 15) is 14.9 Å². The summed E-state index contributed by atoms with van der Waals surface area (Å²) in [7, 11) is 0. The number of esters is 1. The summed E-state index contributed by atoms with van der Waals surface area (Å²) in [6.07, 6.45) is 0. The summed E-state index contributed by atoms with van der Waals surface area (Å²) in [5.41, 5.74) is -1.18. The molecule has 0 radical (unpaired) electrons. The van der Waals surface area contributed by atoms with Crippen LogP contribution < -0.4 is 0 Å². The van der Waals surface area contributed by atoms with Gasteiger partial charge in [0.1, 0.15) is 0 Å². The lowest BCUT2D eigenvalue weighted by Gasteiger charge is -2.26. The number of hydrogen-bond acceptors (Lipinski definition) is 5. The van der Waals surface area contributed by atoms with Crippen LogP contribution in [0.2, 0.25) is 0 Å². The van der Waals surface area contributed by atoms with E-state index in [-0.39, 0.29) is 6.54 Å². The fourth-order valence-electron chi connectivity index (χ4n) is 2.54. The molecule has 1 aliphatic heterocycles. The van der Waals surface area contributed by atoms with Gasteiger partial charge in [-0.05, 0) is 5.56 Å². The number of benzene rings is 1. The highest BCUT2D eigenvalue weighted by Gasteiger charge is 2.54. The van der Waals surface area contributed by atoms with E-state index in [0.29, 0.717) is 11.5 Å². The largest absolute Gasteiger partial charge is 0.409 e. The first kappa shape index (κ1) is 16.1. The molecule has 1 heterocycles. The Morgan fingerprint density at radius 2 is 1.91 bits per heavy atom. The van der Waals surface area contributed by atoms with Crippen molar-refractivity contribution in [2.45, 2.75) is 33.2 Å². The van der Waals surface area contributed by atoms with Gasteiger partial charge >= 0.3 is 5.97 Å². The molecule has 1 aromatic carbocycles. The topological polar surface area (TPSA) is 81.8 Å². The Balaban J connectivity index is 2.59. The molecule has 0 bridgehead atoms. The molecule has 1 aromatic rings. The van der Waals surface area contributed by atoms with Crippen LogP contribution in [0, 0.1) is 21.4 Å². The zero-order chi connectivity index (χ0) is 16.5. The van der Waals surface area contributed by atoms with Crippen LogP contribution in [0.4, 0.5) is 0 Å². The zero-order valence-corrected chi connectivity index (χ0v) is 13.2. The lowest BCUT2D eigenvalue weighted by molar-refractivity contribution is -0.489. The lowest BCUT2D eigenvalue weighted by Crippen LogP contribution is -2.41. The smallest absolute Gasteiger partial charge is 0.345 e. The summed E-state index contributed by atoms with van der Waals surface area (Å²) >= 11 is 0. The van der Waals surface area contributed by atoms with Crippen molar-refractivity contribution in [3.8, 4) is 0 Å². The standard InChI is InChI=1S/C16H20N2O4/c1-11(10-18(20)21)16(12-8-6-5-7-9-12)14(19)22-13(17-16)15(2,3)4/h5-9,11H,10H2,1-4H3/t11-,16-/m1/s1. The molecule has 118 valence electrons. The molecular weight excluding hydrogens is 284 g/mol. The summed E-state index contributed by atoms with van der Waals surface area (Å²) in [5, 5.41) is 10.9. The first-order valence-electron chi connectivity index (χ1n) is 7.18. The van der Waals surface area contributed by atoms with Gasteiger partial charge in [-0.25, -0.2) is 9.79 Å². The molecule has 0 spiro atoms. The number of carbonyl (C=O) groups is 1. The van der Waals surface area contributed by atoms with E-state index < -0.39 is 27.8 Å². The SMILES string of the molecule is C[C@H](C[N+](=O)[O-])[C@]1(c2ccccc2)N=C(C(C)(C)C)OC1=O. The minimum Gasteiger partial charge on any atom is -0.409 e. The summed E-state index contributed by atoms with van der Waals surface area (Å²) < 4.78 is 5.39. The van der Waals surface area contributed by atoms with Crippen LogP contribution in [0.1, 0.15) is 33.3 Å². The van der Waals surface area contributed by atoms with Crippen molar-refractivity contribution in [2.75, 3.05) is 6.54 Å². The highest BCUT2D eigenvalue weighted by Crippen LogP contribution is 2.42. The van der Waals surface area contributed by atoms with Gasteiger partial charge in [0, 0.05) is 10.3 Å². The average molecular weight is 304 g/mol. The van der Waals surface area contributed by atoms with Crippen molar-refractivity contribution in [3.63, 3.8) is 0 Å². The number of rotatable bonds is 4. The molecule has 0 fully saturated rings. The monoisotopic (exact) mass is 304 g/mol. The molecule has 0 aromatic heterocycles. The number of cyclic esters (lactones) is 1. The molecule has 0 unspecified atom stereocenters. The Morgan fingerprint density at radius 1 is 1.32 bits per heavy atom. The predicted molar refractivity (Wildman–Crippen MR) is 82.1 cm³/mol. The second-order valence-electron chi connectivity index (χ2n) is 6.61. The second-order valence-corrected chi connectivity index (χ2v) is 6.61. The molecule has 0 saturated heterocycles. The highest BCUT2D eigenvalue weighted by atomic mass is 16.6. The van der Waals surface area contributed by atoms with E-state index in [1.165, 1.54) is 0 Å². The number of aliphatic imine (C=N–C) groups is 1. The predicted octanol–water partition coefficient (Wildman–Crippen LogP) is 2.80. The van der Waals surface area contributed by atoms with Crippen molar-refractivity contribution in [3.05, 3.63) is 46.0 Å². The van der Waals surface area contributed by atoms with Gasteiger partial charge in [-0.1, -0.05) is 58.0 Å². The van der Waals surface area contributed by atoms with Crippen molar-refractivity contribution in [1.29, 1.82) is 0 Å².